The first-order chi connectivity index (χ1) is 15.3. The molecule has 8 nitrogen and oxygen atoms in total. The second-order valence-corrected chi connectivity index (χ2v) is 7.60. The molecule has 2 atom stereocenters. The van der Waals surface area contributed by atoms with E-state index < -0.39 is 36.4 Å². The number of carbonyl (C=O) groups excluding carboxylic acids is 1. The molecule has 1 amide bonds. The maximum atomic E-state index is 12.6. The summed E-state index contributed by atoms with van der Waals surface area (Å²) in [6.45, 7) is 2.37. The lowest BCUT2D eigenvalue weighted by Gasteiger charge is -2.20. The van der Waals surface area contributed by atoms with Crippen LogP contribution in [0, 0.1) is 6.92 Å². The zero-order valence-corrected chi connectivity index (χ0v) is 18.3. The molecule has 0 aliphatic carbocycles. The van der Waals surface area contributed by atoms with Crippen LogP contribution in [0.2, 0.25) is 0 Å². The smallest absolute Gasteiger partial charge is 0.326 e. The SMILES string of the molecule is COc1ccc(CCCN[C@@H](CC(=O)O)C(=O)N[C@@H](Cc2ccccc2)C(=O)O)cc1C. The van der Waals surface area contributed by atoms with Crippen molar-refractivity contribution in [2.75, 3.05) is 13.7 Å². The number of rotatable bonds is 13. The minimum atomic E-state index is -1.17. The molecule has 2 rings (SSSR count). The van der Waals surface area contributed by atoms with Crippen LogP contribution in [-0.4, -0.2) is 53.8 Å². The Morgan fingerprint density at radius 3 is 2.31 bits per heavy atom. The summed E-state index contributed by atoms with van der Waals surface area (Å²) >= 11 is 0. The Morgan fingerprint density at radius 2 is 1.72 bits per heavy atom. The van der Waals surface area contributed by atoms with E-state index in [1.54, 1.807) is 31.4 Å². The molecule has 0 unspecified atom stereocenters. The van der Waals surface area contributed by atoms with Gasteiger partial charge in [0.2, 0.25) is 5.91 Å². The van der Waals surface area contributed by atoms with Crippen LogP contribution >= 0.6 is 0 Å². The Balaban J connectivity index is 1.92. The van der Waals surface area contributed by atoms with E-state index in [0.717, 1.165) is 28.9 Å². The Bertz CT molecular complexity index is 916. The van der Waals surface area contributed by atoms with E-state index in [0.29, 0.717) is 13.0 Å². The van der Waals surface area contributed by atoms with Crippen molar-refractivity contribution in [3.63, 3.8) is 0 Å². The van der Waals surface area contributed by atoms with Crippen LogP contribution in [0.15, 0.2) is 48.5 Å². The van der Waals surface area contributed by atoms with Crippen molar-refractivity contribution in [3.05, 3.63) is 65.2 Å². The number of hydrogen-bond donors (Lipinski definition) is 4. The fraction of sp³-hybridized carbons (Fsp3) is 0.375. The summed E-state index contributed by atoms with van der Waals surface area (Å²) in [5.41, 5.74) is 2.90. The van der Waals surface area contributed by atoms with Crippen LogP contribution in [0.1, 0.15) is 29.5 Å². The predicted octanol–water partition coefficient (Wildman–Crippen LogP) is 2.18. The first-order valence-electron chi connectivity index (χ1n) is 10.5. The van der Waals surface area contributed by atoms with Gasteiger partial charge in [-0.25, -0.2) is 4.79 Å². The molecular formula is C24H30N2O6. The van der Waals surface area contributed by atoms with Crippen molar-refractivity contribution in [2.24, 2.45) is 0 Å². The van der Waals surface area contributed by atoms with E-state index >= 15 is 0 Å². The maximum Gasteiger partial charge on any atom is 0.326 e. The molecule has 0 aliphatic rings. The van der Waals surface area contributed by atoms with Gasteiger partial charge in [0, 0.05) is 6.42 Å². The molecule has 8 heteroatoms. The number of nitrogens with one attached hydrogen (secondary N) is 2. The molecule has 32 heavy (non-hydrogen) atoms. The minimum absolute atomic E-state index is 0.110. The molecule has 0 radical (unpaired) electrons. The molecule has 0 heterocycles. The van der Waals surface area contributed by atoms with Gasteiger partial charge in [-0.1, -0.05) is 42.5 Å². The Kier molecular flexibility index (Phi) is 9.69. The second kappa shape index (κ2) is 12.5. The van der Waals surface area contributed by atoms with Gasteiger partial charge in [0.15, 0.2) is 0 Å². The number of amides is 1. The third kappa shape index (κ3) is 8.03. The minimum Gasteiger partial charge on any atom is -0.496 e. The molecular weight excluding hydrogens is 412 g/mol. The van der Waals surface area contributed by atoms with Crippen molar-refractivity contribution in [1.82, 2.24) is 10.6 Å². The van der Waals surface area contributed by atoms with E-state index in [9.17, 15) is 24.6 Å². The van der Waals surface area contributed by atoms with Gasteiger partial charge in [0.25, 0.3) is 0 Å². The summed E-state index contributed by atoms with van der Waals surface area (Å²) in [5, 5.41) is 24.1. The van der Waals surface area contributed by atoms with Gasteiger partial charge < -0.3 is 25.6 Å². The number of methoxy groups -OCH3 is 1. The van der Waals surface area contributed by atoms with Crippen molar-refractivity contribution in [1.29, 1.82) is 0 Å². The van der Waals surface area contributed by atoms with E-state index in [2.05, 4.69) is 10.6 Å². The van der Waals surface area contributed by atoms with Crippen molar-refractivity contribution in [2.45, 2.75) is 44.7 Å². The van der Waals surface area contributed by atoms with Gasteiger partial charge in [-0.2, -0.15) is 0 Å². The number of carboxylic acid groups (broad SMARTS) is 2. The number of carboxylic acids is 2. The molecule has 0 fully saturated rings. The lowest BCUT2D eigenvalue weighted by molar-refractivity contribution is -0.143. The summed E-state index contributed by atoms with van der Waals surface area (Å²) in [5.74, 6) is -2.14. The van der Waals surface area contributed by atoms with Gasteiger partial charge in [0.1, 0.15) is 11.8 Å². The molecule has 0 saturated carbocycles. The number of ether oxygens (including phenoxy) is 1. The topological polar surface area (TPSA) is 125 Å². The molecule has 172 valence electrons. The average Bonchev–Trinajstić information content (AvgIpc) is 2.75. The lowest BCUT2D eigenvalue weighted by atomic mass is 10.0. The summed E-state index contributed by atoms with van der Waals surface area (Å²) in [6, 6.07) is 12.7. The predicted molar refractivity (Wildman–Crippen MR) is 120 cm³/mol. The van der Waals surface area contributed by atoms with Gasteiger partial charge in [-0.05, 0) is 49.1 Å². The Morgan fingerprint density at radius 1 is 1.00 bits per heavy atom. The first-order valence-corrected chi connectivity index (χ1v) is 10.5. The van der Waals surface area contributed by atoms with E-state index in [4.69, 9.17) is 4.74 Å². The highest BCUT2D eigenvalue weighted by Crippen LogP contribution is 2.19. The second-order valence-electron chi connectivity index (χ2n) is 7.60. The summed E-state index contributed by atoms with van der Waals surface area (Å²) < 4.78 is 5.25. The first kappa shape index (κ1) is 24.9. The summed E-state index contributed by atoms with van der Waals surface area (Å²) in [6.07, 6.45) is 1.09. The van der Waals surface area contributed by atoms with Crippen LogP contribution < -0.4 is 15.4 Å². The summed E-state index contributed by atoms with van der Waals surface area (Å²) in [4.78, 5) is 35.5. The maximum absolute atomic E-state index is 12.6. The molecule has 0 saturated heterocycles. The fourth-order valence-electron chi connectivity index (χ4n) is 3.42. The number of carbonyl (C=O) groups is 3. The Labute approximate surface area is 187 Å². The molecule has 0 aromatic heterocycles. The van der Waals surface area contributed by atoms with E-state index in [1.807, 2.05) is 31.2 Å². The van der Waals surface area contributed by atoms with Gasteiger partial charge in [0.05, 0.1) is 19.6 Å². The number of aliphatic carboxylic acids is 2. The molecule has 0 spiro atoms. The summed E-state index contributed by atoms with van der Waals surface area (Å²) in [7, 11) is 1.62. The largest absolute Gasteiger partial charge is 0.496 e. The van der Waals surface area contributed by atoms with Crippen LogP contribution in [-0.2, 0) is 27.2 Å². The number of hydrogen-bond acceptors (Lipinski definition) is 5. The third-order valence-corrected chi connectivity index (χ3v) is 5.08. The highest BCUT2D eigenvalue weighted by atomic mass is 16.5. The van der Waals surface area contributed by atoms with Gasteiger partial charge >= 0.3 is 11.9 Å². The normalized spacial score (nSPS) is 12.6. The molecule has 2 aromatic carbocycles. The van der Waals surface area contributed by atoms with Crippen LogP contribution in [0.25, 0.3) is 0 Å². The molecule has 2 aromatic rings. The molecule has 0 aliphatic heterocycles. The highest BCUT2D eigenvalue weighted by Gasteiger charge is 2.26. The van der Waals surface area contributed by atoms with Crippen molar-refractivity contribution < 1.29 is 29.3 Å². The fourth-order valence-corrected chi connectivity index (χ4v) is 3.42. The third-order valence-electron chi connectivity index (χ3n) is 5.08. The van der Waals surface area contributed by atoms with Gasteiger partial charge in [-0.15, -0.1) is 0 Å². The zero-order chi connectivity index (χ0) is 23.5. The van der Waals surface area contributed by atoms with Crippen LogP contribution in [0.5, 0.6) is 5.75 Å². The van der Waals surface area contributed by atoms with E-state index in [-0.39, 0.29) is 6.42 Å². The van der Waals surface area contributed by atoms with E-state index in [1.165, 1.54) is 0 Å². The van der Waals surface area contributed by atoms with Crippen LogP contribution in [0.3, 0.4) is 0 Å². The standard InChI is InChI=1S/C24H30N2O6/c1-16-13-18(10-11-21(16)32-2)9-6-12-25-19(15-22(27)28)23(29)26-20(24(30)31)14-17-7-4-3-5-8-17/h3-5,7-8,10-11,13,19-20,25H,6,9,12,14-15H2,1-2H3,(H,26,29)(H,27,28)(H,30,31)/t19-,20-/m0/s1. The average molecular weight is 443 g/mol. The number of benzene rings is 2. The zero-order valence-electron chi connectivity index (χ0n) is 18.3. The van der Waals surface area contributed by atoms with Crippen molar-refractivity contribution >= 4 is 17.8 Å². The highest BCUT2D eigenvalue weighted by molar-refractivity contribution is 5.89. The lowest BCUT2D eigenvalue weighted by Crippen LogP contribution is -2.51. The molecule has 4 N–H and O–H groups in total. The quantitative estimate of drug-likeness (QED) is 0.350. The van der Waals surface area contributed by atoms with Crippen molar-refractivity contribution in [3.8, 4) is 5.75 Å². The monoisotopic (exact) mass is 442 g/mol. The van der Waals surface area contributed by atoms with Crippen LogP contribution in [0.4, 0.5) is 0 Å². The van der Waals surface area contributed by atoms with Gasteiger partial charge in [-0.3, -0.25) is 9.59 Å². The molecule has 0 bridgehead atoms. The Hall–Kier alpha value is -3.39. The number of aryl methyl sites for hydroxylation is 2.